The van der Waals surface area contributed by atoms with Gasteiger partial charge in [0.05, 0.1) is 11.3 Å². The summed E-state index contributed by atoms with van der Waals surface area (Å²) in [5.41, 5.74) is 0.933. The first-order chi connectivity index (χ1) is 14.3. The van der Waals surface area contributed by atoms with Crippen LogP contribution in [0.5, 0.6) is 11.5 Å². The van der Waals surface area contributed by atoms with Crippen LogP contribution in [0.25, 0.3) is 0 Å². The van der Waals surface area contributed by atoms with Crippen molar-refractivity contribution < 1.29 is 22.7 Å². The molecular formula is C21H20N2O5S2. The fourth-order valence-electron chi connectivity index (χ4n) is 3.16. The summed E-state index contributed by atoms with van der Waals surface area (Å²) >= 11 is 1.41. The van der Waals surface area contributed by atoms with Gasteiger partial charge in [0.2, 0.25) is 0 Å². The third-order valence-electron chi connectivity index (χ3n) is 4.50. The van der Waals surface area contributed by atoms with Gasteiger partial charge in [-0.2, -0.15) is 0 Å². The summed E-state index contributed by atoms with van der Waals surface area (Å²) in [5, 5.41) is 2.78. The van der Waals surface area contributed by atoms with Gasteiger partial charge in [0, 0.05) is 21.5 Å². The Morgan fingerprint density at radius 2 is 1.73 bits per heavy atom. The number of thiophene rings is 1. The third kappa shape index (κ3) is 4.12. The molecule has 2 aromatic carbocycles. The van der Waals surface area contributed by atoms with E-state index in [-0.39, 0.29) is 16.1 Å². The maximum atomic E-state index is 12.9. The molecule has 3 aromatic rings. The first-order valence-corrected chi connectivity index (χ1v) is 11.5. The van der Waals surface area contributed by atoms with Gasteiger partial charge in [0.25, 0.3) is 15.9 Å². The van der Waals surface area contributed by atoms with Crippen LogP contribution in [-0.4, -0.2) is 27.5 Å². The van der Waals surface area contributed by atoms with E-state index in [0.717, 1.165) is 4.88 Å². The van der Waals surface area contributed by atoms with Crippen molar-refractivity contribution in [3.63, 3.8) is 0 Å². The number of carbonyl (C=O) groups excluding carboxylic acids is 1. The van der Waals surface area contributed by atoms with Crippen molar-refractivity contribution in [2.45, 2.75) is 18.7 Å². The van der Waals surface area contributed by atoms with E-state index in [0.29, 0.717) is 35.3 Å². The molecule has 0 saturated heterocycles. The maximum Gasteiger partial charge on any atom is 0.263 e. The minimum absolute atomic E-state index is 0.204. The molecule has 0 saturated carbocycles. The number of hydrogen-bond donors (Lipinski definition) is 2. The van der Waals surface area contributed by atoms with E-state index in [2.05, 4.69) is 10.0 Å². The summed E-state index contributed by atoms with van der Waals surface area (Å²) in [5.74, 6) is 0.730. The lowest BCUT2D eigenvalue weighted by Crippen LogP contribution is -2.19. The van der Waals surface area contributed by atoms with Crippen LogP contribution in [-0.2, 0) is 10.0 Å². The fourth-order valence-corrected chi connectivity index (χ4v) is 5.80. The zero-order valence-corrected chi connectivity index (χ0v) is 18.0. The molecule has 0 bridgehead atoms. The van der Waals surface area contributed by atoms with Gasteiger partial charge >= 0.3 is 0 Å². The largest absolute Gasteiger partial charge is 0.486 e. The quantitative estimate of drug-likeness (QED) is 0.615. The number of para-hydroxylation sites is 1. The summed E-state index contributed by atoms with van der Waals surface area (Å²) in [6, 6.07) is 13.2. The number of nitrogens with one attached hydrogen (secondary N) is 2. The van der Waals surface area contributed by atoms with Crippen molar-refractivity contribution >= 4 is 38.6 Å². The van der Waals surface area contributed by atoms with Crippen LogP contribution in [0.1, 0.15) is 20.1 Å². The zero-order valence-electron chi connectivity index (χ0n) is 16.4. The van der Waals surface area contributed by atoms with E-state index < -0.39 is 15.9 Å². The van der Waals surface area contributed by atoms with E-state index in [9.17, 15) is 13.2 Å². The molecule has 1 aliphatic rings. The molecule has 30 heavy (non-hydrogen) atoms. The van der Waals surface area contributed by atoms with Crippen LogP contribution in [0.15, 0.2) is 53.4 Å². The molecular weight excluding hydrogens is 424 g/mol. The number of sulfonamides is 1. The predicted octanol–water partition coefficient (Wildman–Crippen LogP) is 4.19. The molecule has 0 aliphatic carbocycles. The number of anilines is 2. The molecule has 0 spiro atoms. The van der Waals surface area contributed by atoms with Crippen LogP contribution >= 0.6 is 11.3 Å². The number of aryl methyl sites for hydroxylation is 2. The molecule has 1 aromatic heterocycles. The van der Waals surface area contributed by atoms with Crippen LogP contribution in [0, 0.1) is 13.8 Å². The number of amides is 1. The highest BCUT2D eigenvalue weighted by atomic mass is 32.2. The number of hydrogen-bond acceptors (Lipinski definition) is 6. The summed E-state index contributed by atoms with van der Waals surface area (Å²) in [7, 11) is -3.82. The molecule has 0 fully saturated rings. The Balaban J connectivity index is 1.58. The lowest BCUT2D eigenvalue weighted by atomic mass is 10.1. The molecule has 4 rings (SSSR count). The average molecular weight is 445 g/mol. The number of fused-ring (bicyclic) bond motifs is 1. The summed E-state index contributed by atoms with van der Waals surface area (Å²) < 4.78 is 39.3. The summed E-state index contributed by atoms with van der Waals surface area (Å²) in [6.07, 6.45) is 0. The van der Waals surface area contributed by atoms with Crippen molar-refractivity contribution in [2.75, 3.05) is 23.3 Å². The predicted molar refractivity (Wildman–Crippen MR) is 116 cm³/mol. The molecule has 0 radical (unpaired) electrons. The minimum atomic E-state index is -3.82. The highest BCUT2D eigenvalue weighted by Gasteiger charge is 2.22. The minimum Gasteiger partial charge on any atom is -0.486 e. The fraction of sp³-hybridized carbons (Fsp3) is 0.190. The molecule has 1 amide bonds. The van der Waals surface area contributed by atoms with E-state index in [1.165, 1.54) is 11.3 Å². The van der Waals surface area contributed by atoms with Crippen molar-refractivity contribution in [3.8, 4) is 11.5 Å². The van der Waals surface area contributed by atoms with Gasteiger partial charge in [0.15, 0.2) is 11.5 Å². The average Bonchev–Trinajstić information content (AvgIpc) is 3.07. The second-order valence-corrected chi connectivity index (χ2v) is 9.85. The SMILES string of the molecule is Cc1cc(S(=O)(=O)Nc2ccccc2C(=O)Nc2ccc3c(c2)OCCO3)c(C)s1. The highest BCUT2D eigenvalue weighted by Crippen LogP contribution is 2.33. The lowest BCUT2D eigenvalue weighted by Gasteiger charge is -2.19. The normalized spacial score (nSPS) is 13.0. The summed E-state index contributed by atoms with van der Waals surface area (Å²) in [4.78, 5) is 14.7. The van der Waals surface area contributed by atoms with Crippen molar-refractivity contribution in [1.82, 2.24) is 0 Å². The third-order valence-corrected chi connectivity index (χ3v) is 7.09. The van der Waals surface area contributed by atoms with E-state index >= 15 is 0 Å². The molecule has 156 valence electrons. The second kappa shape index (κ2) is 8.00. The first-order valence-electron chi connectivity index (χ1n) is 9.23. The van der Waals surface area contributed by atoms with E-state index in [1.54, 1.807) is 55.5 Å². The smallest absolute Gasteiger partial charge is 0.263 e. The second-order valence-electron chi connectivity index (χ2n) is 6.74. The van der Waals surface area contributed by atoms with Gasteiger partial charge < -0.3 is 14.8 Å². The van der Waals surface area contributed by atoms with E-state index in [1.807, 2.05) is 6.92 Å². The number of rotatable bonds is 5. The molecule has 1 aliphatic heterocycles. The Hall–Kier alpha value is -3.04. The van der Waals surface area contributed by atoms with Crippen molar-refractivity contribution in [1.29, 1.82) is 0 Å². The Morgan fingerprint density at radius 3 is 2.47 bits per heavy atom. The highest BCUT2D eigenvalue weighted by molar-refractivity contribution is 7.93. The monoisotopic (exact) mass is 444 g/mol. The van der Waals surface area contributed by atoms with Gasteiger partial charge in [-0.25, -0.2) is 8.42 Å². The number of benzene rings is 2. The van der Waals surface area contributed by atoms with Crippen molar-refractivity contribution in [3.05, 3.63) is 63.8 Å². The molecule has 9 heteroatoms. The van der Waals surface area contributed by atoms with Gasteiger partial charge in [-0.15, -0.1) is 11.3 Å². The maximum absolute atomic E-state index is 12.9. The van der Waals surface area contributed by atoms with Crippen LogP contribution in [0.3, 0.4) is 0 Å². The number of carbonyl (C=O) groups is 1. The topological polar surface area (TPSA) is 93.7 Å². The van der Waals surface area contributed by atoms with Gasteiger partial charge in [-0.1, -0.05) is 12.1 Å². The zero-order chi connectivity index (χ0) is 21.3. The van der Waals surface area contributed by atoms with Crippen LogP contribution in [0.4, 0.5) is 11.4 Å². The Bertz CT molecular complexity index is 1220. The molecule has 2 heterocycles. The summed E-state index contributed by atoms with van der Waals surface area (Å²) in [6.45, 7) is 4.53. The van der Waals surface area contributed by atoms with Crippen LogP contribution in [0.2, 0.25) is 0 Å². The van der Waals surface area contributed by atoms with Gasteiger partial charge in [-0.05, 0) is 44.2 Å². The Labute approximate surface area is 178 Å². The standard InChI is InChI=1S/C21H20N2O5S2/c1-13-11-20(14(2)29-13)30(25,26)23-17-6-4-3-5-16(17)21(24)22-15-7-8-18-19(12-15)28-10-9-27-18/h3-8,11-12,23H,9-10H2,1-2H3,(H,22,24). The molecule has 2 N–H and O–H groups in total. The Kier molecular flexibility index (Phi) is 5.40. The van der Waals surface area contributed by atoms with Crippen molar-refractivity contribution in [2.24, 2.45) is 0 Å². The van der Waals surface area contributed by atoms with Gasteiger partial charge in [-0.3, -0.25) is 9.52 Å². The Morgan fingerprint density at radius 1 is 1.00 bits per heavy atom. The van der Waals surface area contributed by atoms with Gasteiger partial charge in [0.1, 0.15) is 18.1 Å². The molecule has 0 atom stereocenters. The molecule has 7 nitrogen and oxygen atoms in total. The van der Waals surface area contributed by atoms with Crippen LogP contribution < -0.4 is 19.5 Å². The lowest BCUT2D eigenvalue weighted by molar-refractivity contribution is 0.102. The molecule has 0 unspecified atom stereocenters. The number of ether oxygens (including phenoxy) is 2. The van der Waals surface area contributed by atoms with E-state index in [4.69, 9.17) is 9.47 Å². The first kappa shape index (κ1) is 20.2.